The van der Waals surface area contributed by atoms with Gasteiger partial charge in [-0.15, -0.1) is 0 Å². The Labute approximate surface area is 136 Å². The third-order valence-electron chi connectivity index (χ3n) is 4.58. The van der Waals surface area contributed by atoms with E-state index in [1.165, 1.54) is 5.56 Å². The summed E-state index contributed by atoms with van der Waals surface area (Å²) in [6.07, 6.45) is 0. The highest BCUT2D eigenvalue weighted by molar-refractivity contribution is 5.66. The van der Waals surface area contributed by atoms with Crippen molar-refractivity contribution in [3.05, 3.63) is 54.1 Å². The van der Waals surface area contributed by atoms with Gasteiger partial charge in [-0.2, -0.15) is 0 Å². The summed E-state index contributed by atoms with van der Waals surface area (Å²) in [6.45, 7) is 2.25. The van der Waals surface area contributed by atoms with Crippen molar-refractivity contribution in [2.75, 3.05) is 33.4 Å². The standard InChI is InChI=1S/C19H23NO3/c1-23-18-9-16(15-5-3-2-4-6-15)7-8-17(18)10-20-11-19(12-20,13-21)14-22/h2-9,21-22H,10-14H2,1H3. The number of rotatable bonds is 6. The summed E-state index contributed by atoms with van der Waals surface area (Å²) < 4.78 is 5.56. The van der Waals surface area contributed by atoms with Crippen molar-refractivity contribution in [1.82, 2.24) is 4.90 Å². The molecule has 2 N–H and O–H groups in total. The van der Waals surface area contributed by atoms with Crippen LogP contribution in [0.1, 0.15) is 5.56 Å². The molecule has 0 aromatic heterocycles. The molecule has 2 aromatic carbocycles. The molecule has 1 fully saturated rings. The Bertz CT molecular complexity index is 645. The highest BCUT2D eigenvalue weighted by atomic mass is 16.5. The predicted octanol–water partition coefficient (Wildman–Crippen LogP) is 2.15. The number of likely N-dealkylation sites (tertiary alicyclic amines) is 1. The Balaban J connectivity index is 1.74. The Morgan fingerprint density at radius 3 is 2.30 bits per heavy atom. The molecular weight excluding hydrogens is 290 g/mol. The minimum Gasteiger partial charge on any atom is -0.496 e. The molecule has 1 aliphatic heterocycles. The summed E-state index contributed by atoms with van der Waals surface area (Å²) in [5.41, 5.74) is 3.09. The molecule has 0 bridgehead atoms. The van der Waals surface area contributed by atoms with Gasteiger partial charge in [0, 0.05) is 30.6 Å². The van der Waals surface area contributed by atoms with Gasteiger partial charge in [0.25, 0.3) is 0 Å². The first kappa shape index (κ1) is 16.0. The molecule has 1 aliphatic rings. The zero-order chi connectivity index (χ0) is 16.3. The van der Waals surface area contributed by atoms with Crippen LogP contribution in [0.25, 0.3) is 11.1 Å². The van der Waals surface area contributed by atoms with E-state index in [2.05, 4.69) is 35.2 Å². The number of nitrogens with zero attached hydrogens (tertiary/aromatic N) is 1. The average Bonchev–Trinajstić information content (AvgIpc) is 2.58. The largest absolute Gasteiger partial charge is 0.496 e. The SMILES string of the molecule is COc1cc(-c2ccccc2)ccc1CN1CC(CO)(CO)C1. The van der Waals surface area contributed by atoms with Crippen LogP contribution in [-0.4, -0.2) is 48.5 Å². The summed E-state index contributed by atoms with van der Waals surface area (Å²) in [5.74, 6) is 0.872. The van der Waals surface area contributed by atoms with Gasteiger partial charge in [0.2, 0.25) is 0 Å². The molecule has 2 aromatic rings. The molecule has 0 saturated carbocycles. The van der Waals surface area contributed by atoms with Crippen molar-refractivity contribution in [3.63, 3.8) is 0 Å². The Morgan fingerprint density at radius 2 is 1.70 bits per heavy atom. The lowest BCUT2D eigenvalue weighted by atomic mass is 9.81. The highest BCUT2D eigenvalue weighted by Crippen LogP contribution is 2.33. The van der Waals surface area contributed by atoms with Crippen LogP contribution >= 0.6 is 0 Å². The molecular formula is C19H23NO3. The molecule has 0 unspecified atom stereocenters. The first-order chi connectivity index (χ1) is 11.2. The van der Waals surface area contributed by atoms with E-state index in [-0.39, 0.29) is 18.6 Å². The summed E-state index contributed by atoms with van der Waals surface area (Å²) in [7, 11) is 1.69. The second-order valence-corrected chi connectivity index (χ2v) is 6.35. The molecule has 0 atom stereocenters. The van der Waals surface area contributed by atoms with E-state index < -0.39 is 0 Å². The van der Waals surface area contributed by atoms with Crippen LogP contribution in [0.3, 0.4) is 0 Å². The monoisotopic (exact) mass is 313 g/mol. The van der Waals surface area contributed by atoms with E-state index in [0.29, 0.717) is 13.1 Å². The number of benzene rings is 2. The fourth-order valence-electron chi connectivity index (χ4n) is 3.19. The van der Waals surface area contributed by atoms with E-state index in [1.54, 1.807) is 7.11 Å². The van der Waals surface area contributed by atoms with E-state index in [0.717, 1.165) is 23.4 Å². The van der Waals surface area contributed by atoms with Crippen molar-refractivity contribution in [1.29, 1.82) is 0 Å². The summed E-state index contributed by atoms with van der Waals surface area (Å²) in [6, 6.07) is 16.5. The molecule has 0 amide bonds. The van der Waals surface area contributed by atoms with Gasteiger partial charge in [0.15, 0.2) is 0 Å². The third kappa shape index (κ3) is 3.24. The topological polar surface area (TPSA) is 52.9 Å². The van der Waals surface area contributed by atoms with Crippen molar-refractivity contribution in [3.8, 4) is 16.9 Å². The van der Waals surface area contributed by atoms with Crippen molar-refractivity contribution >= 4 is 0 Å². The number of hydrogen-bond acceptors (Lipinski definition) is 4. The maximum Gasteiger partial charge on any atom is 0.123 e. The average molecular weight is 313 g/mol. The molecule has 1 heterocycles. The van der Waals surface area contributed by atoms with Gasteiger partial charge in [-0.05, 0) is 17.2 Å². The second kappa shape index (κ2) is 6.71. The molecule has 3 rings (SSSR count). The van der Waals surface area contributed by atoms with Gasteiger partial charge >= 0.3 is 0 Å². The van der Waals surface area contributed by atoms with Gasteiger partial charge < -0.3 is 14.9 Å². The van der Waals surface area contributed by atoms with Crippen LogP contribution in [-0.2, 0) is 6.54 Å². The number of aliphatic hydroxyl groups is 2. The third-order valence-corrected chi connectivity index (χ3v) is 4.58. The van der Waals surface area contributed by atoms with Crippen LogP contribution in [0.15, 0.2) is 48.5 Å². The van der Waals surface area contributed by atoms with Crippen LogP contribution in [0.2, 0.25) is 0 Å². The fraction of sp³-hybridized carbons (Fsp3) is 0.368. The quantitative estimate of drug-likeness (QED) is 0.858. The molecule has 23 heavy (non-hydrogen) atoms. The van der Waals surface area contributed by atoms with Gasteiger partial charge in [-0.3, -0.25) is 4.90 Å². The first-order valence-corrected chi connectivity index (χ1v) is 7.86. The first-order valence-electron chi connectivity index (χ1n) is 7.86. The maximum atomic E-state index is 9.37. The second-order valence-electron chi connectivity index (χ2n) is 6.35. The van der Waals surface area contributed by atoms with Crippen LogP contribution in [0.5, 0.6) is 5.75 Å². The van der Waals surface area contributed by atoms with E-state index in [1.807, 2.05) is 18.2 Å². The normalized spacial score (nSPS) is 16.8. The molecule has 0 radical (unpaired) electrons. The molecule has 0 aliphatic carbocycles. The number of methoxy groups -OCH3 is 1. The lowest BCUT2D eigenvalue weighted by Gasteiger charge is -2.48. The summed E-state index contributed by atoms with van der Waals surface area (Å²) in [4.78, 5) is 2.21. The Kier molecular flexibility index (Phi) is 4.66. The molecule has 4 nitrogen and oxygen atoms in total. The van der Waals surface area contributed by atoms with Gasteiger partial charge in [-0.25, -0.2) is 0 Å². The summed E-state index contributed by atoms with van der Waals surface area (Å²) >= 11 is 0. The minimum atomic E-state index is -0.336. The van der Waals surface area contributed by atoms with Gasteiger partial charge in [0.05, 0.1) is 20.3 Å². The van der Waals surface area contributed by atoms with Crippen molar-refractivity contribution in [2.24, 2.45) is 5.41 Å². The smallest absolute Gasteiger partial charge is 0.123 e. The van der Waals surface area contributed by atoms with Gasteiger partial charge in [-0.1, -0.05) is 42.5 Å². The van der Waals surface area contributed by atoms with Crippen LogP contribution in [0.4, 0.5) is 0 Å². The maximum absolute atomic E-state index is 9.37. The van der Waals surface area contributed by atoms with Crippen molar-refractivity contribution < 1.29 is 14.9 Å². The van der Waals surface area contributed by atoms with E-state index in [4.69, 9.17) is 4.74 Å². The Morgan fingerprint density at radius 1 is 1.00 bits per heavy atom. The van der Waals surface area contributed by atoms with Crippen LogP contribution < -0.4 is 4.74 Å². The lowest BCUT2D eigenvalue weighted by molar-refractivity contribution is -0.0788. The van der Waals surface area contributed by atoms with E-state index >= 15 is 0 Å². The molecule has 0 spiro atoms. The number of aliphatic hydroxyl groups excluding tert-OH is 2. The number of hydrogen-bond donors (Lipinski definition) is 2. The Hall–Kier alpha value is -1.88. The van der Waals surface area contributed by atoms with E-state index in [9.17, 15) is 10.2 Å². The molecule has 122 valence electrons. The predicted molar refractivity (Wildman–Crippen MR) is 90.3 cm³/mol. The van der Waals surface area contributed by atoms with Crippen LogP contribution in [0, 0.1) is 5.41 Å². The summed E-state index contributed by atoms with van der Waals surface area (Å²) in [5, 5.41) is 18.7. The lowest BCUT2D eigenvalue weighted by Crippen LogP contribution is -2.59. The zero-order valence-corrected chi connectivity index (χ0v) is 13.4. The molecule has 1 saturated heterocycles. The van der Waals surface area contributed by atoms with Gasteiger partial charge in [0.1, 0.15) is 5.75 Å². The fourth-order valence-corrected chi connectivity index (χ4v) is 3.19. The number of ether oxygens (including phenoxy) is 1. The van der Waals surface area contributed by atoms with Crippen molar-refractivity contribution in [2.45, 2.75) is 6.54 Å². The highest BCUT2D eigenvalue weighted by Gasteiger charge is 2.41. The zero-order valence-electron chi connectivity index (χ0n) is 13.4. The minimum absolute atomic E-state index is 0.0318. The molecule has 4 heteroatoms.